The largest absolute Gasteiger partial charge is 0.498 e. The van der Waals surface area contributed by atoms with Crippen molar-refractivity contribution >= 4 is 5.97 Å². The van der Waals surface area contributed by atoms with Crippen LogP contribution in [0.1, 0.15) is 6.92 Å². The molecule has 1 aromatic rings. The maximum absolute atomic E-state index is 10.7. The number of hydrogen-bond acceptors (Lipinski definition) is 4. The van der Waals surface area contributed by atoms with Gasteiger partial charge in [-0.1, -0.05) is 6.58 Å². The number of carbonyl (C=O) groups excluding carboxylic acids is 1. The van der Waals surface area contributed by atoms with Gasteiger partial charge in [-0.25, -0.2) is 0 Å². The van der Waals surface area contributed by atoms with Crippen LogP contribution < -0.4 is 9.47 Å². The van der Waals surface area contributed by atoms with E-state index in [-0.39, 0.29) is 5.97 Å². The summed E-state index contributed by atoms with van der Waals surface area (Å²) >= 11 is 0. The Morgan fingerprint density at radius 3 is 2.44 bits per heavy atom. The van der Waals surface area contributed by atoms with Crippen LogP contribution >= 0.6 is 0 Å². The van der Waals surface area contributed by atoms with E-state index in [4.69, 9.17) is 14.2 Å². The monoisotopic (exact) mass is 222 g/mol. The van der Waals surface area contributed by atoms with Gasteiger partial charge in [-0.15, -0.1) is 0 Å². The lowest BCUT2D eigenvalue weighted by Gasteiger charge is -2.06. The second-order valence-corrected chi connectivity index (χ2v) is 2.95. The maximum atomic E-state index is 10.7. The molecule has 0 saturated heterocycles. The molecule has 0 radical (unpaired) electrons. The van der Waals surface area contributed by atoms with Crippen LogP contribution in [0.4, 0.5) is 0 Å². The van der Waals surface area contributed by atoms with Gasteiger partial charge in [0.25, 0.3) is 0 Å². The molecular formula is C12H14O4. The molecule has 0 atom stereocenters. The minimum Gasteiger partial charge on any atom is -0.498 e. The summed E-state index contributed by atoms with van der Waals surface area (Å²) in [5.74, 6) is 0.860. The summed E-state index contributed by atoms with van der Waals surface area (Å²) in [6, 6.07) is 6.80. The molecule has 1 rings (SSSR count). The summed E-state index contributed by atoms with van der Waals surface area (Å²) in [6.07, 6.45) is 1.37. The third kappa shape index (κ3) is 4.50. The van der Waals surface area contributed by atoms with Crippen molar-refractivity contribution in [2.24, 2.45) is 0 Å². The average molecular weight is 222 g/mol. The van der Waals surface area contributed by atoms with Crippen LogP contribution in [0.25, 0.3) is 0 Å². The minimum absolute atomic E-state index is 0.340. The second kappa shape index (κ2) is 6.50. The molecular weight excluding hydrogens is 208 g/mol. The van der Waals surface area contributed by atoms with Gasteiger partial charge in [-0.3, -0.25) is 4.79 Å². The Morgan fingerprint density at radius 2 is 1.88 bits per heavy atom. The zero-order valence-corrected chi connectivity index (χ0v) is 9.14. The third-order valence-corrected chi connectivity index (χ3v) is 1.67. The summed E-state index contributed by atoms with van der Waals surface area (Å²) < 4.78 is 15.1. The fourth-order valence-electron chi connectivity index (χ4n) is 1.06. The van der Waals surface area contributed by atoms with Gasteiger partial charge >= 0.3 is 5.97 Å². The lowest BCUT2D eigenvalue weighted by atomic mass is 10.3. The Hall–Kier alpha value is -1.97. The molecule has 0 aliphatic rings. The third-order valence-electron chi connectivity index (χ3n) is 1.67. The molecule has 86 valence electrons. The number of rotatable bonds is 6. The zero-order valence-electron chi connectivity index (χ0n) is 9.14. The van der Waals surface area contributed by atoms with Gasteiger partial charge < -0.3 is 14.2 Å². The van der Waals surface area contributed by atoms with Crippen molar-refractivity contribution in [3.8, 4) is 11.5 Å². The van der Waals surface area contributed by atoms with E-state index >= 15 is 0 Å². The highest BCUT2D eigenvalue weighted by Gasteiger charge is 1.98. The number of esters is 1. The standard InChI is InChI=1S/C12H14O4/c1-3-14-8-9-15-11-4-6-12(7-5-11)16-10(2)13/h3-7H,1,8-9H2,2H3. The second-order valence-electron chi connectivity index (χ2n) is 2.95. The summed E-state index contributed by atoms with van der Waals surface area (Å²) in [7, 11) is 0. The van der Waals surface area contributed by atoms with Crippen LogP contribution in [0.15, 0.2) is 37.1 Å². The van der Waals surface area contributed by atoms with E-state index in [2.05, 4.69) is 6.58 Å². The van der Waals surface area contributed by atoms with E-state index in [0.717, 1.165) is 0 Å². The van der Waals surface area contributed by atoms with Crippen LogP contribution in [0.2, 0.25) is 0 Å². The van der Waals surface area contributed by atoms with Gasteiger partial charge in [-0.2, -0.15) is 0 Å². The molecule has 0 amide bonds. The van der Waals surface area contributed by atoms with Gasteiger partial charge in [0.15, 0.2) is 0 Å². The molecule has 4 nitrogen and oxygen atoms in total. The minimum atomic E-state index is -0.340. The Kier molecular flexibility index (Phi) is 4.92. The van der Waals surface area contributed by atoms with Gasteiger partial charge in [0, 0.05) is 6.92 Å². The molecule has 16 heavy (non-hydrogen) atoms. The van der Waals surface area contributed by atoms with E-state index < -0.39 is 0 Å². The average Bonchev–Trinajstić information content (AvgIpc) is 2.26. The lowest BCUT2D eigenvalue weighted by Crippen LogP contribution is -2.04. The first-order chi connectivity index (χ1) is 7.72. The van der Waals surface area contributed by atoms with Crippen LogP contribution in [-0.2, 0) is 9.53 Å². The quantitative estimate of drug-likeness (QED) is 0.320. The molecule has 0 heterocycles. The summed E-state index contributed by atoms with van der Waals surface area (Å²) in [6.45, 7) is 5.67. The summed E-state index contributed by atoms with van der Waals surface area (Å²) in [5, 5.41) is 0. The van der Waals surface area contributed by atoms with Crippen molar-refractivity contribution in [1.29, 1.82) is 0 Å². The Labute approximate surface area is 94.4 Å². The topological polar surface area (TPSA) is 44.8 Å². The fourth-order valence-corrected chi connectivity index (χ4v) is 1.06. The number of hydrogen-bond donors (Lipinski definition) is 0. The Morgan fingerprint density at radius 1 is 1.25 bits per heavy atom. The van der Waals surface area contributed by atoms with Crippen molar-refractivity contribution in [3.05, 3.63) is 37.1 Å². The van der Waals surface area contributed by atoms with Gasteiger partial charge in [0.2, 0.25) is 0 Å². The maximum Gasteiger partial charge on any atom is 0.308 e. The molecule has 0 fully saturated rings. The van der Waals surface area contributed by atoms with Crippen LogP contribution in [0, 0.1) is 0 Å². The predicted octanol–water partition coefficient (Wildman–Crippen LogP) is 2.15. The fraction of sp³-hybridized carbons (Fsp3) is 0.250. The van der Waals surface area contributed by atoms with E-state index in [0.29, 0.717) is 24.7 Å². The molecule has 0 unspecified atom stereocenters. The first-order valence-electron chi connectivity index (χ1n) is 4.86. The summed E-state index contributed by atoms with van der Waals surface area (Å²) in [4.78, 5) is 10.7. The molecule has 4 heteroatoms. The van der Waals surface area contributed by atoms with Crippen molar-refractivity contribution in [2.75, 3.05) is 13.2 Å². The van der Waals surface area contributed by atoms with E-state index in [1.54, 1.807) is 24.3 Å². The van der Waals surface area contributed by atoms with Crippen LogP contribution in [-0.4, -0.2) is 19.2 Å². The van der Waals surface area contributed by atoms with Crippen molar-refractivity contribution < 1.29 is 19.0 Å². The van der Waals surface area contributed by atoms with Crippen LogP contribution in [0.3, 0.4) is 0 Å². The van der Waals surface area contributed by atoms with Crippen LogP contribution in [0.5, 0.6) is 11.5 Å². The molecule has 0 aromatic heterocycles. The predicted molar refractivity (Wildman–Crippen MR) is 59.4 cm³/mol. The zero-order chi connectivity index (χ0) is 11.8. The number of ether oxygens (including phenoxy) is 3. The molecule has 0 saturated carbocycles. The van der Waals surface area contributed by atoms with Crippen molar-refractivity contribution in [2.45, 2.75) is 6.92 Å². The SMILES string of the molecule is C=COCCOc1ccc(OC(C)=O)cc1. The van der Waals surface area contributed by atoms with Gasteiger partial charge in [0.05, 0.1) is 6.26 Å². The first-order valence-corrected chi connectivity index (χ1v) is 4.86. The highest BCUT2D eigenvalue weighted by molar-refractivity contribution is 5.69. The molecule has 0 aliphatic carbocycles. The molecule has 0 N–H and O–H groups in total. The first kappa shape index (κ1) is 12.1. The van der Waals surface area contributed by atoms with Crippen molar-refractivity contribution in [1.82, 2.24) is 0 Å². The Bertz CT molecular complexity index is 343. The highest BCUT2D eigenvalue weighted by Crippen LogP contribution is 2.17. The smallest absolute Gasteiger partial charge is 0.308 e. The molecule has 1 aromatic carbocycles. The number of carbonyl (C=O) groups is 1. The van der Waals surface area contributed by atoms with Gasteiger partial charge in [0.1, 0.15) is 24.7 Å². The number of benzene rings is 1. The molecule has 0 bridgehead atoms. The normalized spacial score (nSPS) is 9.31. The van der Waals surface area contributed by atoms with E-state index in [9.17, 15) is 4.79 Å². The summed E-state index contributed by atoms with van der Waals surface area (Å²) in [5.41, 5.74) is 0. The van der Waals surface area contributed by atoms with E-state index in [1.807, 2.05) is 0 Å². The molecule has 0 spiro atoms. The van der Waals surface area contributed by atoms with Gasteiger partial charge in [-0.05, 0) is 24.3 Å². The van der Waals surface area contributed by atoms with E-state index in [1.165, 1.54) is 13.2 Å². The highest BCUT2D eigenvalue weighted by atomic mass is 16.5. The Balaban J connectivity index is 2.38. The van der Waals surface area contributed by atoms with Crippen molar-refractivity contribution in [3.63, 3.8) is 0 Å². The molecule has 0 aliphatic heterocycles. The lowest BCUT2D eigenvalue weighted by molar-refractivity contribution is -0.131.